The van der Waals surface area contributed by atoms with Gasteiger partial charge in [-0.25, -0.2) is 13.8 Å². The van der Waals surface area contributed by atoms with Crippen molar-refractivity contribution in [3.63, 3.8) is 0 Å². The van der Waals surface area contributed by atoms with Crippen LogP contribution in [-0.4, -0.2) is 54.0 Å². The summed E-state index contributed by atoms with van der Waals surface area (Å²) in [6.45, 7) is 2.04. The van der Waals surface area contributed by atoms with Crippen molar-refractivity contribution < 1.29 is 8.78 Å². The molecule has 1 aliphatic rings. The van der Waals surface area contributed by atoms with Crippen LogP contribution < -0.4 is 10.5 Å². The normalized spacial score (nSPS) is 16.8. The predicted octanol–water partition coefficient (Wildman–Crippen LogP) is 1.31. The van der Waals surface area contributed by atoms with Gasteiger partial charge in [-0.3, -0.25) is 14.7 Å². The fourth-order valence-electron chi connectivity index (χ4n) is 2.56. The fourth-order valence-corrected chi connectivity index (χ4v) is 2.56. The Kier molecular flexibility index (Phi) is 3.83. The van der Waals surface area contributed by atoms with Crippen molar-refractivity contribution in [2.24, 2.45) is 0 Å². The molecule has 112 valence electrons. The van der Waals surface area contributed by atoms with Gasteiger partial charge in [-0.1, -0.05) is 12.1 Å². The first-order valence-electron chi connectivity index (χ1n) is 6.88. The molecule has 1 aliphatic heterocycles. The number of hydrogen-bond acceptors (Lipinski definition) is 4. The lowest BCUT2D eigenvalue weighted by Crippen LogP contribution is -2.48. The Labute approximate surface area is 120 Å². The molecule has 0 amide bonds. The molecule has 0 saturated carbocycles. The average molecular weight is 294 g/mol. The Morgan fingerprint density at radius 1 is 1.19 bits per heavy atom. The highest BCUT2D eigenvalue weighted by atomic mass is 19.3. The van der Waals surface area contributed by atoms with Crippen LogP contribution in [0.1, 0.15) is 0 Å². The Bertz CT molecular complexity index is 680. The van der Waals surface area contributed by atoms with Crippen molar-refractivity contribution in [1.29, 1.82) is 0 Å². The van der Waals surface area contributed by atoms with Crippen LogP contribution >= 0.6 is 0 Å². The molecule has 1 saturated heterocycles. The number of rotatable bonds is 3. The van der Waals surface area contributed by atoms with Gasteiger partial charge in [0.1, 0.15) is 0 Å². The summed E-state index contributed by atoms with van der Waals surface area (Å²) in [7, 11) is 0. The predicted molar refractivity (Wildman–Crippen MR) is 77.0 cm³/mol. The zero-order valence-corrected chi connectivity index (χ0v) is 11.4. The van der Waals surface area contributed by atoms with Gasteiger partial charge < -0.3 is 4.90 Å². The van der Waals surface area contributed by atoms with E-state index in [1.165, 1.54) is 0 Å². The molecule has 3 rings (SSSR count). The maximum absolute atomic E-state index is 12.4. The van der Waals surface area contributed by atoms with Gasteiger partial charge in [0, 0.05) is 26.2 Å². The number of nitrogens with one attached hydrogen (secondary N) is 1. The van der Waals surface area contributed by atoms with E-state index in [1.807, 2.05) is 11.0 Å². The minimum Gasteiger partial charge on any atom is -0.340 e. The molecule has 0 aliphatic carbocycles. The average Bonchev–Trinajstić information content (AvgIpc) is 2.47. The third-order valence-corrected chi connectivity index (χ3v) is 3.67. The lowest BCUT2D eigenvalue weighted by Gasteiger charge is -2.34. The van der Waals surface area contributed by atoms with Crippen molar-refractivity contribution >= 4 is 16.9 Å². The van der Waals surface area contributed by atoms with Crippen molar-refractivity contribution in [3.05, 3.63) is 34.6 Å². The molecule has 1 aromatic carbocycles. The number of para-hydroxylation sites is 1. The van der Waals surface area contributed by atoms with Crippen molar-refractivity contribution in [2.75, 3.05) is 37.6 Å². The largest absolute Gasteiger partial charge is 0.340 e. The highest BCUT2D eigenvalue weighted by Crippen LogP contribution is 2.14. The van der Waals surface area contributed by atoms with Crippen molar-refractivity contribution in [1.82, 2.24) is 14.9 Å². The van der Waals surface area contributed by atoms with Crippen LogP contribution in [0.4, 0.5) is 14.7 Å². The number of hydrogen-bond donors (Lipinski definition) is 1. The minimum absolute atomic E-state index is 0.175. The molecule has 5 nitrogen and oxygen atoms in total. The van der Waals surface area contributed by atoms with E-state index in [4.69, 9.17) is 0 Å². The summed E-state index contributed by atoms with van der Waals surface area (Å²) in [6.07, 6.45) is -2.31. The van der Waals surface area contributed by atoms with E-state index in [0.717, 1.165) is 0 Å². The van der Waals surface area contributed by atoms with E-state index in [9.17, 15) is 13.6 Å². The zero-order chi connectivity index (χ0) is 14.8. The van der Waals surface area contributed by atoms with E-state index < -0.39 is 6.43 Å². The minimum atomic E-state index is -2.31. The smallest absolute Gasteiger partial charge is 0.260 e. The Morgan fingerprint density at radius 2 is 1.90 bits per heavy atom. The second-order valence-corrected chi connectivity index (χ2v) is 5.09. The Balaban J connectivity index is 1.78. The quantitative estimate of drug-likeness (QED) is 0.927. The van der Waals surface area contributed by atoms with Crippen LogP contribution in [0.5, 0.6) is 0 Å². The van der Waals surface area contributed by atoms with E-state index in [1.54, 1.807) is 23.1 Å². The first kappa shape index (κ1) is 13.9. The van der Waals surface area contributed by atoms with Gasteiger partial charge in [-0.2, -0.15) is 0 Å². The fraction of sp³-hybridized carbons (Fsp3) is 0.429. The summed E-state index contributed by atoms with van der Waals surface area (Å²) in [4.78, 5) is 22.9. The third-order valence-electron chi connectivity index (χ3n) is 3.67. The molecule has 0 unspecified atom stereocenters. The van der Waals surface area contributed by atoms with Gasteiger partial charge in [0.25, 0.3) is 12.0 Å². The second kappa shape index (κ2) is 5.77. The van der Waals surface area contributed by atoms with Crippen molar-refractivity contribution in [2.45, 2.75) is 6.43 Å². The first-order valence-corrected chi connectivity index (χ1v) is 6.88. The standard InChI is InChI=1S/C14H16F2N4O/c15-12(16)9-19-5-7-20(8-6-19)14-17-11-4-2-1-3-10(11)13(21)18-14/h1-4,12H,5-9H2,(H,17,18,21). The molecule has 0 atom stereocenters. The summed E-state index contributed by atoms with van der Waals surface area (Å²) >= 11 is 0. The number of H-pyrrole nitrogens is 1. The number of benzene rings is 1. The molecule has 7 heteroatoms. The van der Waals surface area contributed by atoms with Gasteiger partial charge in [-0.05, 0) is 12.1 Å². The number of halogens is 2. The van der Waals surface area contributed by atoms with Gasteiger partial charge in [0.15, 0.2) is 0 Å². The molecule has 1 aromatic heterocycles. The highest BCUT2D eigenvalue weighted by molar-refractivity contribution is 5.78. The molecule has 0 radical (unpaired) electrons. The summed E-state index contributed by atoms with van der Waals surface area (Å²) in [5, 5.41) is 0.553. The van der Waals surface area contributed by atoms with Crippen LogP contribution in [0.2, 0.25) is 0 Å². The van der Waals surface area contributed by atoms with Crippen LogP contribution in [0.3, 0.4) is 0 Å². The molecule has 21 heavy (non-hydrogen) atoms. The van der Waals surface area contributed by atoms with E-state index >= 15 is 0 Å². The first-order chi connectivity index (χ1) is 10.1. The third kappa shape index (κ3) is 3.02. The number of alkyl halides is 2. The van der Waals surface area contributed by atoms with Crippen LogP contribution in [0.15, 0.2) is 29.1 Å². The topological polar surface area (TPSA) is 52.2 Å². The summed E-state index contributed by atoms with van der Waals surface area (Å²) in [5.74, 6) is 0.510. The summed E-state index contributed by atoms with van der Waals surface area (Å²) < 4.78 is 24.7. The number of aromatic nitrogens is 2. The van der Waals surface area contributed by atoms with Crippen LogP contribution in [0, 0.1) is 0 Å². The van der Waals surface area contributed by atoms with Crippen LogP contribution in [0.25, 0.3) is 10.9 Å². The molecule has 0 bridgehead atoms. The maximum atomic E-state index is 12.4. The number of piperazine rings is 1. The molecule has 1 fully saturated rings. The lowest BCUT2D eigenvalue weighted by molar-refractivity contribution is 0.0853. The van der Waals surface area contributed by atoms with Crippen molar-refractivity contribution in [3.8, 4) is 0 Å². The summed E-state index contributed by atoms with van der Waals surface area (Å²) in [6, 6.07) is 7.15. The van der Waals surface area contributed by atoms with Gasteiger partial charge in [0.05, 0.1) is 17.4 Å². The number of aromatic amines is 1. The molecule has 2 heterocycles. The summed E-state index contributed by atoms with van der Waals surface area (Å²) in [5.41, 5.74) is 0.469. The molecule has 2 aromatic rings. The van der Waals surface area contributed by atoms with E-state index in [2.05, 4.69) is 9.97 Å². The van der Waals surface area contributed by atoms with E-state index in [-0.39, 0.29) is 12.1 Å². The molecule has 1 N–H and O–H groups in total. The highest BCUT2D eigenvalue weighted by Gasteiger charge is 2.21. The molecular formula is C14H16F2N4O. The van der Waals surface area contributed by atoms with Gasteiger partial charge in [-0.15, -0.1) is 0 Å². The van der Waals surface area contributed by atoms with Gasteiger partial charge in [0.2, 0.25) is 5.95 Å². The zero-order valence-electron chi connectivity index (χ0n) is 11.4. The number of anilines is 1. The maximum Gasteiger partial charge on any atom is 0.260 e. The van der Waals surface area contributed by atoms with E-state index in [0.29, 0.717) is 43.0 Å². The van der Waals surface area contributed by atoms with Gasteiger partial charge >= 0.3 is 0 Å². The molecule has 0 spiro atoms. The Hall–Kier alpha value is -2.02. The lowest BCUT2D eigenvalue weighted by atomic mass is 10.2. The number of fused-ring (bicyclic) bond motifs is 1. The Morgan fingerprint density at radius 3 is 2.62 bits per heavy atom. The number of nitrogens with zero attached hydrogens (tertiary/aromatic N) is 3. The SMILES string of the molecule is O=c1[nH]c(N2CCN(CC(F)F)CC2)nc2ccccc12. The second-order valence-electron chi connectivity index (χ2n) is 5.09. The monoisotopic (exact) mass is 294 g/mol. The molecular weight excluding hydrogens is 278 g/mol. The van der Waals surface area contributed by atoms with Crippen LogP contribution in [-0.2, 0) is 0 Å².